The normalized spacial score (nSPS) is 21.4. The molecule has 1 fully saturated rings. The molecule has 0 aromatic carbocycles. The first-order valence-corrected chi connectivity index (χ1v) is 8.29. The molecule has 4 heteroatoms. The molecular weight excluding hydrogens is 265 g/mol. The van der Waals surface area contributed by atoms with Gasteiger partial charge in [-0.15, -0.1) is 0 Å². The molecule has 2 atom stereocenters. The van der Waals surface area contributed by atoms with Crippen LogP contribution in [0.15, 0.2) is 18.3 Å². The maximum absolute atomic E-state index is 13.0. The van der Waals surface area contributed by atoms with Gasteiger partial charge in [0.05, 0.1) is 17.9 Å². The zero-order valence-electron chi connectivity index (χ0n) is 13.3. The number of hydrogen-bond donors (Lipinski definition) is 1. The molecule has 0 spiro atoms. The minimum Gasteiger partial charge on any atom is -0.309 e. The maximum Gasteiger partial charge on any atom is 0.141 e. The van der Waals surface area contributed by atoms with Crippen molar-refractivity contribution in [2.24, 2.45) is 0 Å². The van der Waals surface area contributed by atoms with Crippen molar-refractivity contribution in [2.75, 3.05) is 19.6 Å². The smallest absolute Gasteiger partial charge is 0.141 e. The zero-order chi connectivity index (χ0) is 15.1. The summed E-state index contributed by atoms with van der Waals surface area (Å²) in [5, 5.41) is 3.55. The van der Waals surface area contributed by atoms with E-state index in [0.717, 1.165) is 31.6 Å². The second kappa shape index (κ2) is 8.44. The van der Waals surface area contributed by atoms with Gasteiger partial charge in [-0.3, -0.25) is 4.98 Å². The Bertz CT molecular complexity index is 407. The van der Waals surface area contributed by atoms with Crippen LogP contribution in [0, 0.1) is 5.82 Å². The van der Waals surface area contributed by atoms with Crippen molar-refractivity contribution < 1.29 is 4.39 Å². The molecule has 1 aromatic heterocycles. The molecule has 1 N–H and O–H groups in total. The zero-order valence-corrected chi connectivity index (χ0v) is 13.3. The fraction of sp³-hybridized carbons (Fsp3) is 0.706. The van der Waals surface area contributed by atoms with Crippen molar-refractivity contribution in [2.45, 2.75) is 58.0 Å². The minimum absolute atomic E-state index is 0.222. The SMILES string of the molecule is CCCNC(CCN1CCCCC1C)c1ccc(F)cn1. The van der Waals surface area contributed by atoms with Gasteiger partial charge < -0.3 is 10.2 Å². The Balaban J connectivity index is 1.94. The number of hydrogen-bond acceptors (Lipinski definition) is 3. The van der Waals surface area contributed by atoms with Crippen LogP contribution in [0.3, 0.4) is 0 Å². The van der Waals surface area contributed by atoms with Gasteiger partial charge in [0.2, 0.25) is 0 Å². The van der Waals surface area contributed by atoms with Crippen molar-refractivity contribution in [1.82, 2.24) is 15.2 Å². The molecule has 0 aliphatic carbocycles. The largest absolute Gasteiger partial charge is 0.309 e. The van der Waals surface area contributed by atoms with E-state index in [4.69, 9.17) is 0 Å². The van der Waals surface area contributed by atoms with E-state index < -0.39 is 0 Å². The summed E-state index contributed by atoms with van der Waals surface area (Å²) in [4.78, 5) is 6.84. The van der Waals surface area contributed by atoms with Crippen molar-refractivity contribution in [3.63, 3.8) is 0 Å². The number of halogens is 1. The molecule has 3 nitrogen and oxygen atoms in total. The molecule has 2 heterocycles. The highest BCUT2D eigenvalue weighted by molar-refractivity contribution is 5.10. The van der Waals surface area contributed by atoms with E-state index in [-0.39, 0.29) is 11.9 Å². The van der Waals surface area contributed by atoms with E-state index in [1.807, 2.05) is 6.07 Å². The molecule has 1 aromatic rings. The number of rotatable bonds is 7. The lowest BCUT2D eigenvalue weighted by atomic mass is 10.0. The van der Waals surface area contributed by atoms with E-state index in [9.17, 15) is 4.39 Å². The second-order valence-corrected chi connectivity index (χ2v) is 6.08. The highest BCUT2D eigenvalue weighted by Gasteiger charge is 2.20. The lowest BCUT2D eigenvalue weighted by Gasteiger charge is -2.34. The number of nitrogens with one attached hydrogen (secondary N) is 1. The topological polar surface area (TPSA) is 28.2 Å². The molecule has 2 unspecified atom stereocenters. The van der Waals surface area contributed by atoms with Gasteiger partial charge in [-0.2, -0.15) is 0 Å². The van der Waals surface area contributed by atoms with Crippen LogP contribution < -0.4 is 5.32 Å². The molecule has 21 heavy (non-hydrogen) atoms. The summed E-state index contributed by atoms with van der Waals surface area (Å²) in [6.45, 7) is 7.75. The molecule has 0 bridgehead atoms. The first-order chi connectivity index (χ1) is 10.2. The van der Waals surface area contributed by atoms with Crippen molar-refractivity contribution in [3.8, 4) is 0 Å². The van der Waals surface area contributed by atoms with Gasteiger partial charge in [-0.1, -0.05) is 13.3 Å². The highest BCUT2D eigenvalue weighted by atomic mass is 19.1. The van der Waals surface area contributed by atoms with Crippen LogP contribution in [0.25, 0.3) is 0 Å². The van der Waals surface area contributed by atoms with Crippen LogP contribution in [-0.2, 0) is 0 Å². The first-order valence-electron chi connectivity index (χ1n) is 8.29. The fourth-order valence-corrected chi connectivity index (χ4v) is 3.05. The Hall–Kier alpha value is -1.00. The molecule has 1 aliphatic heterocycles. The Morgan fingerprint density at radius 3 is 2.95 bits per heavy atom. The molecule has 0 radical (unpaired) electrons. The average Bonchev–Trinajstić information content (AvgIpc) is 2.50. The summed E-state index contributed by atoms with van der Waals surface area (Å²) in [6, 6.07) is 4.22. The predicted octanol–water partition coefficient (Wildman–Crippen LogP) is 3.53. The number of aromatic nitrogens is 1. The number of likely N-dealkylation sites (tertiary alicyclic amines) is 1. The second-order valence-electron chi connectivity index (χ2n) is 6.08. The minimum atomic E-state index is -0.266. The van der Waals surface area contributed by atoms with Crippen LogP contribution in [0.1, 0.15) is 57.7 Å². The predicted molar refractivity (Wildman–Crippen MR) is 84.7 cm³/mol. The highest BCUT2D eigenvalue weighted by Crippen LogP contribution is 2.20. The first kappa shape index (κ1) is 16.4. The summed E-state index contributed by atoms with van der Waals surface area (Å²) >= 11 is 0. The lowest BCUT2D eigenvalue weighted by Crippen LogP contribution is -2.39. The van der Waals surface area contributed by atoms with Crippen LogP contribution in [0.4, 0.5) is 4.39 Å². The lowest BCUT2D eigenvalue weighted by molar-refractivity contribution is 0.153. The van der Waals surface area contributed by atoms with Gasteiger partial charge in [-0.05, 0) is 57.8 Å². The van der Waals surface area contributed by atoms with Gasteiger partial charge in [0, 0.05) is 12.6 Å². The van der Waals surface area contributed by atoms with Crippen molar-refractivity contribution in [1.29, 1.82) is 0 Å². The Morgan fingerprint density at radius 2 is 2.29 bits per heavy atom. The fourth-order valence-electron chi connectivity index (χ4n) is 3.05. The van der Waals surface area contributed by atoms with E-state index in [2.05, 4.69) is 29.0 Å². The Morgan fingerprint density at radius 1 is 1.43 bits per heavy atom. The molecule has 1 saturated heterocycles. The third-order valence-electron chi connectivity index (χ3n) is 4.39. The van der Waals surface area contributed by atoms with Crippen molar-refractivity contribution in [3.05, 3.63) is 29.8 Å². The molecule has 0 saturated carbocycles. The molecule has 1 aliphatic rings. The summed E-state index contributed by atoms with van der Waals surface area (Å²) in [7, 11) is 0. The van der Waals surface area contributed by atoms with Gasteiger partial charge in [-0.25, -0.2) is 4.39 Å². The third-order valence-corrected chi connectivity index (χ3v) is 4.39. The molecular formula is C17H28FN3. The Kier molecular flexibility index (Phi) is 6.58. The van der Waals surface area contributed by atoms with Crippen LogP contribution in [0.2, 0.25) is 0 Å². The number of piperidine rings is 1. The number of nitrogens with zero attached hydrogens (tertiary/aromatic N) is 2. The third kappa shape index (κ3) is 5.04. The van der Waals surface area contributed by atoms with Crippen LogP contribution in [-0.4, -0.2) is 35.6 Å². The van der Waals surface area contributed by atoms with E-state index in [0.29, 0.717) is 6.04 Å². The summed E-state index contributed by atoms with van der Waals surface area (Å²) in [5.41, 5.74) is 0.953. The quantitative estimate of drug-likeness (QED) is 0.833. The Labute approximate surface area is 127 Å². The van der Waals surface area contributed by atoms with E-state index in [1.54, 1.807) is 0 Å². The van der Waals surface area contributed by atoms with Gasteiger partial charge in [0.25, 0.3) is 0 Å². The molecule has 118 valence electrons. The molecule has 0 amide bonds. The van der Waals surface area contributed by atoms with Gasteiger partial charge >= 0.3 is 0 Å². The van der Waals surface area contributed by atoms with Crippen LogP contribution >= 0.6 is 0 Å². The number of pyridine rings is 1. The maximum atomic E-state index is 13.0. The molecule has 2 rings (SSSR count). The summed E-state index contributed by atoms with van der Waals surface area (Å²) < 4.78 is 13.0. The van der Waals surface area contributed by atoms with Gasteiger partial charge in [0.1, 0.15) is 5.82 Å². The monoisotopic (exact) mass is 293 g/mol. The van der Waals surface area contributed by atoms with Gasteiger partial charge in [0.15, 0.2) is 0 Å². The van der Waals surface area contributed by atoms with Crippen LogP contribution in [0.5, 0.6) is 0 Å². The summed E-state index contributed by atoms with van der Waals surface area (Å²) in [5.74, 6) is -0.266. The summed E-state index contributed by atoms with van der Waals surface area (Å²) in [6.07, 6.45) is 7.42. The van der Waals surface area contributed by atoms with E-state index >= 15 is 0 Å². The average molecular weight is 293 g/mol. The van der Waals surface area contributed by atoms with E-state index in [1.165, 1.54) is 38.1 Å². The standard InChI is InChI=1S/C17H28FN3/c1-3-10-19-17(16-8-7-15(18)13-20-16)9-12-21-11-5-4-6-14(21)2/h7-8,13-14,17,19H,3-6,9-12H2,1-2H3. The van der Waals surface area contributed by atoms with Crippen molar-refractivity contribution >= 4 is 0 Å².